The first-order valence-corrected chi connectivity index (χ1v) is 6.68. The Morgan fingerprint density at radius 3 is 2.60 bits per heavy atom. The molecule has 1 aromatic heterocycles. The zero-order chi connectivity index (χ0) is 14.8. The molecule has 3 nitrogen and oxygen atoms in total. The van der Waals surface area contributed by atoms with Crippen LogP contribution in [0.15, 0.2) is 18.3 Å². The molecule has 1 heterocycles. The molecule has 0 aliphatic heterocycles. The first kappa shape index (κ1) is 14.8. The summed E-state index contributed by atoms with van der Waals surface area (Å²) in [5.74, 6) is -2.83. The van der Waals surface area contributed by atoms with Crippen LogP contribution in [0.3, 0.4) is 0 Å². The van der Waals surface area contributed by atoms with Crippen LogP contribution in [0.1, 0.15) is 31.2 Å². The van der Waals surface area contributed by atoms with Crippen LogP contribution in [0.25, 0.3) is 0 Å². The summed E-state index contributed by atoms with van der Waals surface area (Å²) < 4.78 is 38.8. The minimum atomic E-state index is -4.32. The molecule has 1 aromatic rings. The summed E-state index contributed by atoms with van der Waals surface area (Å²) in [5, 5.41) is 2.49. The van der Waals surface area contributed by atoms with Crippen LogP contribution in [0.4, 0.5) is 19.0 Å². The van der Waals surface area contributed by atoms with Gasteiger partial charge < -0.3 is 5.32 Å². The minimum Gasteiger partial charge on any atom is -0.310 e. The molecule has 1 amide bonds. The summed E-state index contributed by atoms with van der Waals surface area (Å²) in [6.45, 7) is 1.85. The van der Waals surface area contributed by atoms with Crippen molar-refractivity contribution < 1.29 is 18.0 Å². The molecule has 0 bridgehead atoms. The van der Waals surface area contributed by atoms with Crippen molar-refractivity contribution in [1.82, 2.24) is 4.98 Å². The van der Waals surface area contributed by atoms with E-state index in [0.717, 1.165) is 5.56 Å². The fraction of sp³-hybridized carbons (Fsp3) is 0.571. The summed E-state index contributed by atoms with van der Waals surface area (Å²) in [6.07, 6.45) is -1.26. The highest BCUT2D eigenvalue weighted by Crippen LogP contribution is 2.41. The monoisotopic (exact) mass is 286 g/mol. The van der Waals surface area contributed by atoms with Gasteiger partial charge in [0.05, 0.1) is 5.92 Å². The Morgan fingerprint density at radius 1 is 1.30 bits per heavy atom. The number of hydrogen-bond donors (Lipinski definition) is 1. The Balaban J connectivity index is 2.08. The predicted molar refractivity (Wildman–Crippen MR) is 69.1 cm³/mol. The third kappa shape index (κ3) is 3.49. The second kappa shape index (κ2) is 5.81. The normalized spacial score (nSPS) is 23.4. The van der Waals surface area contributed by atoms with E-state index in [1.807, 2.05) is 6.92 Å². The van der Waals surface area contributed by atoms with Gasteiger partial charge in [-0.1, -0.05) is 18.9 Å². The Morgan fingerprint density at radius 2 is 2.00 bits per heavy atom. The molecule has 0 radical (unpaired) electrons. The third-order valence-corrected chi connectivity index (χ3v) is 3.69. The van der Waals surface area contributed by atoms with Crippen LogP contribution in [0.2, 0.25) is 0 Å². The van der Waals surface area contributed by atoms with Crippen molar-refractivity contribution in [3.05, 3.63) is 23.9 Å². The maximum absolute atomic E-state index is 12.9. The SMILES string of the molecule is Cc1ccc(NC(=O)C2CCCCC2C(F)(F)F)nc1. The number of nitrogens with zero attached hydrogens (tertiary/aromatic N) is 1. The third-order valence-electron chi connectivity index (χ3n) is 3.69. The number of pyridine rings is 1. The number of halogens is 3. The van der Waals surface area contributed by atoms with Gasteiger partial charge in [-0.25, -0.2) is 4.98 Å². The Bertz CT molecular complexity index is 470. The van der Waals surface area contributed by atoms with E-state index in [2.05, 4.69) is 10.3 Å². The number of carbonyl (C=O) groups excluding carboxylic acids is 1. The zero-order valence-corrected chi connectivity index (χ0v) is 11.2. The lowest BCUT2D eigenvalue weighted by atomic mass is 9.78. The van der Waals surface area contributed by atoms with Crippen LogP contribution in [0.5, 0.6) is 0 Å². The molecular formula is C14H17F3N2O. The molecule has 1 fully saturated rings. The van der Waals surface area contributed by atoms with Crippen molar-refractivity contribution in [3.8, 4) is 0 Å². The van der Waals surface area contributed by atoms with Crippen molar-refractivity contribution >= 4 is 11.7 Å². The molecular weight excluding hydrogens is 269 g/mol. The molecule has 1 saturated carbocycles. The average Bonchev–Trinajstić information content (AvgIpc) is 2.40. The van der Waals surface area contributed by atoms with Crippen LogP contribution in [-0.4, -0.2) is 17.1 Å². The quantitative estimate of drug-likeness (QED) is 0.900. The van der Waals surface area contributed by atoms with E-state index in [9.17, 15) is 18.0 Å². The minimum absolute atomic E-state index is 0.0307. The maximum atomic E-state index is 12.9. The molecule has 1 aliphatic rings. The highest BCUT2D eigenvalue weighted by Gasteiger charge is 2.48. The first-order chi connectivity index (χ1) is 9.38. The number of hydrogen-bond acceptors (Lipinski definition) is 2. The van der Waals surface area contributed by atoms with Gasteiger partial charge in [-0.3, -0.25) is 4.79 Å². The van der Waals surface area contributed by atoms with Gasteiger partial charge in [-0.2, -0.15) is 13.2 Å². The molecule has 0 spiro atoms. The van der Waals surface area contributed by atoms with Gasteiger partial charge in [0.15, 0.2) is 0 Å². The highest BCUT2D eigenvalue weighted by molar-refractivity contribution is 5.92. The highest BCUT2D eigenvalue weighted by atomic mass is 19.4. The largest absolute Gasteiger partial charge is 0.392 e. The lowest BCUT2D eigenvalue weighted by molar-refractivity contribution is -0.197. The topological polar surface area (TPSA) is 42.0 Å². The number of amides is 1. The van der Waals surface area contributed by atoms with Crippen molar-refractivity contribution in [3.63, 3.8) is 0 Å². The Labute approximate surface area is 115 Å². The number of rotatable bonds is 2. The lowest BCUT2D eigenvalue weighted by Crippen LogP contribution is -2.39. The van der Waals surface area contributed by atoms with Crippen molar-refractivity contribution in [2.24, 2.45) is 11.8 Å². The van der Waals surface area contributed by atoms with Gasteiger partial charge in [0.1, 0.15) is 5.82 Å². The fourth-order valence-corrected chi connectivity index (χ4v) is 2.60. The van der Waals surface area contributed by atoms with Crippen LogP contribution < -0.4 is 5.32 Å². The summed E-state index contributed by atoms with van der Waals surface area (Å²) in [4.78, 5) is 16.0. The molecule has 110 valence electrons. The van der Waals surface area contributed by atoms with Gasteiger partial charge in [0.2, 0.25) is 5.91 Å². The van der Waals surface area contributed by atoms with E-state index in [1.165, 1.54) is 0 Å². The molecule has 6 heteroatoms. The summed E-state index contributed by atoms with van der Waals surface area (Å²) in [7, 11) is 0. The molecule has 2 rings (SSSR count). The molecule has 20 heavy (non-hydrogen) atoms. The molecule has 0 aromatic carbocycles. The number of alkyl halides is 3. The van der Waals surface area contributed by atoms with E-state index >= 15 is 0 Å². The van der Waals surface area contributed by atoms with Crippen molar-refractivity contribution in [2.45, 2.75) is 38.8 Å². The Hall–Kier alpha value is -1.59. The van der Waals surface area contributed by atoms with E-state index in [1.54, 1.807) is 18.3 Å². The Kier molecular flexibility index (Phi) is 4.30. The zero-order valence-electron chi connectivity index (χ0n) is 11.2. The predicted octanol–water partition coefficient (Wildman–Crippen LogP) is 3.70. The smallest absolute Gasteiger partial charge is 0.310 e. The molecule has 0 saturated heterocycles. The van der Waals surface area contributed by atoms with E-state index < -0.39 is 23.9 Å². The number of carbonyl (C=O) groups is 1. The first-order valence-electron chi connectivity index (χ1n) is 6.68. The summed E-state index contributed by atoms with van der Waals surface area (Å²) in [5.41, 5.74) is 0.925. The van der Waals surface area contributed by atoms with Gasteiger partial charge >= 0.3 is 6.18 Å². The van der Waals surface area contributed by atoms with Gasteiger partial charge in [-0.15, -0.1) is 0 Å². The average molecular weight is 286 g/mol. The lowest BCUT2D eigenvalue weighted by Gasteiger charge is -2.31. The van der Waals surface area contributed by atoms with Gasteiger partial charge in [0.25, 0.3) is 0 Å². The molecule has 1 aliphatic carbocycles. The maximum Gasteiger partial charge on any atom is 0.392 e. The number of aromatic nitrogens is 1. The fourth-order valence-electron chi connectivity index (χ4n) is 2.60. The number of nitrogens with one attached hydrogen (secondary N) is 1. The van der Waals surface area contributed by atoms with Crippen molar-refractivity contribution in [1.29, 1.82) is 0 Å². The molecule has 1 N–H and O–H groups in total. The van der Waals surface area contributed by atoms with Crippen LogP contribution in [-0.2, 0) is 4.79 Å². The van der Waals surface area contributed by atoms with Crippen LogP contribution >= 0.6 is 0 Å². The van der Waals surface area contributed by atoms with E-state index in [0.29, 0.717) is 18.7 Å². The number of anilines is 1. The second-order valence-electron chi connectivity index (χ2n) is 5.25. The standard InChI is InChI=1S/C14H17F3N2O/c1-9-6-7-12(18-8-9)19-13(20)10-4-2-3-5-11(10)14(15,16)17/h6-8,10-11H,2-5H2,1H3,(H,18,19,20). The van der Waals surface area contributed by atoms with E-state index in [-0.39, 0.29) is 12.8 Å². The van der Waals surface area contributed by atoms with Crippen molar-refractivity contribution in [2.75, 3.05) is 5.32 Å². The molecule has 2 atom stereocenters. The number of aryl methyl sites for hydroxylation is 1. The summed E-state index contributed by atoms with van der Waals surface area (Å²) >= 11 is 0. The second-order valence-corrected chi connectivity index (χ2v) is 5.25. The molecule has 2 unspecified atom stereocenters. The summed E-state index contributed by atoms with van der Waals surface area (Å²) in [6, 6.07) is 3.35. The van der Waals surface area contributed by atoms with Crippen LogP contribution in [0, 0.1) is 18.8 Å². The van der Waals surface area contributed by atoms with Gasteiger partial charge in [0, 0.05) is 12.1 Å². The van der Waals surface area contributed by atoms with Gasteiger partial charge in [-0.05, 0) is 31.4 Å². The van der Waals surface area contributed by atoms with E-state index in [4.69, 9.17) is 0 Å².